The first kappa shape index (κ1) is 32.3. The fourth-order valence-electron chi connectivity index (χ4n) is 8.03. The molecule has 0 radical (unpaired) electrons. The monoisotopic (exact) mass is 732 g/mol. The van der Waals surface area contributed by atoms with Gasteiger partial charge < -0.3 is 4.42 Å². The number of fused-ring (bicyclic) bond motifs is 6. The van der Waals surface area contributed by atoms with Crippen LogP contribution in [0.2, 0.25) is 0 Å². The fraction of sp³-hybridized carbons (Fsp3) is 0. The number of rotatable bonds is 6. The van der Waals surface area contributed by atoms with E-state index in [0.29, 0.717) is 5.82 Å². The minimum absolute atomic E-state index is 0.695. The number of nitrogens with zero attached hydrogens (tertiary/aromatic N) is 2. The van der Waals surface area contributed by atoms with Gasteiger partial charge in [-0.2, -0.15) is 0 Å². The van der Waals surface area contributed by atoms with Crippen molar-refractivity contribution in [1.29, 1.82) is 0 Å². The summed E-state index contributed by atoms with van der Waals surface area (Å²) in [5.74, 6) is 0.695. The number of aromatic nitrogens is 2. The van der Waals surface area contributed by atoms with Crippen molar-refractivity contribution in [3.8, 4) is 67.3 Å². The van der Waals surface area contributed by atoms with Gasteiger partial charge in [-0.1, -0.05) is 158 Å². The minimum Gasteiger partial charge on any atom is -0.455 e. The average Bonchev–Trinajstić information content (AvgIpc) is 3.85. The highest BCUT2D eigenvalue weighted by Gasteiger charge is 2.19. The van der Waals surface area contributed by atoms with Crippen LogP contribution in [0.3, 0.4) is 0 Å². The summed E-state index contributed by atoms with van der Waals surface area (Å²) < 4.78 is 9.31. The number of para-hydroxylation sites is 1. The van der Waals surface area contributed by atoms with E-state index in [9.17, 15) is 0 Å². The second kappa shape index (κ2) is 13.3. The van der Waals surface area contributed by atoms with E-state index >= 15 is 0 Å². The Labute approximate surface area is 327 Å². The Morgan fingerprint density at radius 2 is 0.911 bits per heavy atom. The van der Waals surface area contributed by atoms with Gasteiger partial charge in [0.05, 0.1) is 11.4 Å². The van der Waals surface area contributed by atoms with Crippen LogP contribution in [-0.4, -0.2) is 9.97 Å². The first-order valence-corrected chi connectivity index (χ1v) is 19.6. The van der Waals surface area contributed by atoms with Crippen molar-refractivity contribution in [2.45, 2.75) is 0 Å². The lowest BCUT2D eigenvalue weighted by Crippen LogP contribution is -1.97. The quantitative estimate of drug-likeness (QED) is 0.171. The van der Waals surface area contributed by atoms with Gasteiger partial charge in [0.1, 0.15) is 11.2 Å². The summed E-state index contributed by atoms with van der Waals surface area (Å²) in [5.41, 5.74) is 13.3. The predicted molar refractivity (Wildman–Crippen MR) is 235 cm³/mol. The summed E-state index contributed by atoms with van der Waals surface area (Å²) >= 11 is 1.84. The van der Waals surface area contributed by atoms with E-state index < -0.39 is 0 Å². The van der Waals surface area contributed by atoms with E-state index in [1.165, 1.54) is 20.2 Å². The largest absolute Gasteiger partial charge is 0.455 e. The summed E-state index contributed by atoms with van der Waals surface area (Å²) in [6, 6.07) is 68.3. The van der Waals surface area contributed by atoms with E-state index in [-0.39, 0.29) is 0 Å². The zero-order chi connectivity index (χ0) is 37.0. The first-order valence-electron chi connectivity index (χ1n) is 18.8. The van der Waals surface area contributed by atoms with Crippen LogP contribution in [-0.2, 0) is 0 Å². The maximum atomic E-state index is 6.71. The lowest BCUT2D eigenvalue weighted by Gasteiger charge is -2.13. The van der Waals surface area contributed by atoms with Crippen LogP contribution < -0.4 is 0 Å². The van der Waals surface area contributed by atoms with Gasteiger partial charge in [-0.15, -0.1) is 11.3 Å². The SMILES string of the molecule is c1ccc(-c2cc(-c3ccc(-c4ccc(-c5ccc6sc7ccccc7c6c5)c5oc6ccccc6c45)cc3)nc(-c3ccccc3-c3ccccc3)n2)cc1. The predicted octanol–water partition coefficient (Wildman–Crippen LogP) is 14.7. The molecular formula is C52H32N2OS. The van der Waals surface area contributed by atoms with Gasteiger partial charge >= 0.3 is 0 Å². The molecule has 8 aromatic carbocycles. The highest BCUT2D eigenvalue weighted by molar-refractivity contribution is 7.25. The Morgan fingerprint density at radius 3 is 1.70 bits per heavy atom. The maximum absolute atomic E-state index is 6.71. The topological polar surface area (TPSA) is 38.9 Å². The van der Waals surface area contributed by atoms with E-state index in [4.69, 9.17) is 14.4 Å². The molecule has 0 aliphatic carbocycles. The highest BCUT2D eigenvalue weighted by atomic mass is 32.1. The van der Waals surface area contributed by atoms with Gasteiger partial charge in [0, 0.05) is 53.2 Å². The summed E-state index contributed by atoms with van der Waals surface area (Å²) in [4.78, 5) is 10.4. The molecule has 0 atom stereocenters. The molecular weight excluding hydrogens is 701 g/mol. The molecule has 3 nitrogen and oxygen atoms in total. The van der Waals surface area contributed by atoms with Crippen molar-refractivity contribution in [3.05, 3.63) is 194 Å². The molecule has 0 N–H and O–H groups in total. The Morgan fingerprint density at radius 1 is 0.357 bits per heavy atom. The van der Waals surface area contributed by atoms with Crippen LogP contribution in [0.25, 0.3) is 109 Å². The van der Waals surface area contributed by atoms with Crippen LogP contribution in [0, 0.1) is 0 Å². The molecule has 0 aliphatic heterocycles. The van der Waals surface area contributed by atoms with Crippen molar-refractivity contribution in [1.82, 2.24) is 9.97 Å². The molecule has 56 heavy (non-hydrogen) atoms. The molecule has 262 valence electrons. The molecule has 0 saturated carbocycles. The van der Waals surface area contributed by atoms with Gasteiger partial charge in [-0.05, 0) is 64.2 Å². The van der Waals surface area contributed by atoms with Crippen LogP contribution in [0.15, 0.2) is 199 Å². The molecule has 3 aromatic heterocycles. The normalized spacial score (nSPS) is 11.6. The number of hydrogen-bond donors (Lipinski definition) is 0. The number of hydrogen-bond acceptors (Lipinski definition) is 4. The average molecular weight is 733 g/mol. The second-order valence-corrected chi connectivity index (χ2v) is 15.2. The third-order valence-corrected chi connectivity index (χ3v) is 11.9. The first-order chi connectivity index (χ1) is 27.7. The third kappa shape index (κ3) is 5.50. The molecule has 3 heterocycles. The number of thiophene rings is 1. The van der Waals surface area contributed by atoms with Crippen LogP contribution >= 0.6 is 11.3 Å². The smallest absolute Gasteiger partial charge is 0.161 e. The third-order valence-electron chi connectivity index (χ3n) is 10.8. The molecule has 0 amide bonds. The molecule has 11 rings (SSSR count). The lowest BCUT2D eigenvalue weighted by molar-refractivity contribution is 0.670. The van der Waals surface area contributed by atoms with Crippen molar-refractivity contribution in [3.63, 3.8) is 0 Å². The summed E-state index contributed by atoms with van der Waals surface area (Å²) in [6.45, 7) is 0. The number of benzene rings is 8. The molecule has 0 fully saturated rings. The van der Waals surface area contributed by atoms with E-state index in [0.717, 1.165) is 83.4 Å². The minimum atomic E-state index is 0.695. The van der Waals surface area contributed by atoms with Crippen molar-refractivity contribution >= 4 is 53.4 Å². The standard InChI is InChI=1S/C52H32N2OS/c1-3-13-33(14-4-1)38-17-7-8-19-42(38)52-53-45(35-15-5-2-6-16-35)32-46(54-52)36-25-23-34(24-26-36)39-28-29-40(51-50(39)43-20-9-11-21-47(43)55-51)37-27-30-49-44(31-37)41-18-10-12-22-48(41)56-49/h1-32H. The summed E-state index contributed by atoms with van der Waals surface area (Å²) in [7, 11) is 0. The van der Waals surface area contributed by atoms with Gasteiger partial charge in [-0.25, -0.2) is 9.97 Å². The van der Waals surface area contributed by atoms with Crippen LogP contribution in [0.5, 0.6) is 0 Å². The van der Waals surface area contributed by atoms with Crippen molar-refractivity contribution in [2.24, 2.45) is 0 Å². The van der Waals surface area contributed by atoms with E-state index in [2.05, 4.69) is 176 Å². The summed E-state index contributed by atoms with van der Waals surface area (Å²) in [5, 5.41) is 4.79. The molecule has 0 bridgehead atoms. The Bertz CT molecular complexity index is 3240. The highest BCUT2D eigenvalue weighted by Crippen LogP contribution is 2.44. The lowest BCUT2D eigenvalue weighted by atomic mass is 9.93. The van der Waals surface area contributed by atoms with Gasteiger partial charge in [0.2, 0.25) is 0 Å². The van der Waals surface area contributed by atoms with Crippen molar-refractivity contribution < 1.29 is 4.42 Å². The zero-order valence-corrected chi connectivity index (χ0v) is 31.0. The maximum Gasteiger partial charge on any atom is 0.161 e. The van der Waals surface area contributed by atoms with E-state index in [1.54, 1.807) is 0 Å². The van der Waals surface area contributed by atoms with Gasteiger partial charge in [-0.3, -0.25) is 0 Å². The second-order valence-electron chi connectivity index (χ2n) is 14.1. The zero-order valence-electron chi connectivity index (χ0n) is 30.2. The summed E-state index contributed by atoms with van der Waals surface area (Å²) in [6.07, 6.45) is 0. The van der Waals surface area contributed by atoms with Crippen LogP contribution in [0.1, 0.15) is 0 Å². The molecule has 11 aromatic rings. The fourth-order valence-corrected chi connectivity index (χ4v) is 9.12. The van der Waals surface area contributed by atoms with Gasteiger partial charge in [0.15, 0.2) is 5.82 Å². The molecule has 4 heteroatoms. The van der Waals surface area contributed by atoms with E-state index in [1.807, 2.05) is 29.5 Å². The van der Waals surface area contributed by atoms with Gasteiger partial charge in [0.25, 0.3) is 0 Å². The van der Waals surface area contributed by atoms with Crippen LogP contribution in [0.4, 0.5) is 0 Å². The molecule has 0 unspecified atom stereocenters. The Kier molecular flexibility index (Phi) is 7.68. The molecule has 0 spiro atoms. The van der Waals surface area contributed by atoms with Crippen molar-refractivity contribution in [2.75, 3.05) is 0 Å². The molecule has 0 saturated heterocycles. The Balaban J connectivity index is 1.04. The molecule has 0 aliphatic rings. The number of furan rings is 1. The Hall–Kier alpha value is -7.14.